The average Bonchev–Trinajstić information content (AvgIpc) is 2.68. The molecular formula is C24H23FO2. The highest BCUT2D eigenvalue weighted by Crippen LogP contribution is 2.27. The standard InChI is InChI=1S/C24H23FO2/c1-16(2)19-10-7-11-21(14-19)27-24(26)17(3)20-12-13-22(23(25)15-20)18-8-5-4-6-9-18/h4-17H,1-3H3/t17-/m1/s1. The van der Waals surface area contributed by atoms with Gasteiger partial charge in [-0.05, 0) is 47.7 Å². The minimum Gasteiger partial charge on any atom is -0.426 e. The number of carbonyl (C=O) groups is 1. The molecule has 0 spiro atoms. The summed E-state index contributed by atoms with van der Waals surface area (Å²) in [6.45, 7) is 5.90. The summed E-state index contributed by atoms with van der Waals surface area (Å²) in [5.41, 5.74) is 3.02. The van der Waals surface area contributed by atoms with Gasteiger partial charge in [0.05, 0.1) is 5.92 Å². The van der Waals surface area contributed by atoms with E-state index in [1.807, 2.05) is 48.5 Å². The second kappa shape index (κ2) is 8.17. The number of halogens is 1. The number of esters is 1. The molecule has 0 radical (unpaired) electrons. The Bertz CT molecular complexity index is 932. The Balaban J connectivity index is 1.77. The minimum atomic E-state index is -0.563. The van der Waals surface area contributed by atoms with Gasteiger partial charge in [0.15, 0.2) is 0 Å². The summed E-state index contributed by atoms with van der Waals surface area (Å²) in [6.07, 6.45) is 0. The Morgan fingerprint density at radius 1 is 0.852 bits per heavy atom. The third-order valence-corrected chi connectivity index (χ3v) is 4.67. The van der Waals surface area contributed by atoms with Crippen molar-refractivity contribution in [3.63, 3.8) is 0 Å². The van der Waals surface area contributed by atoms with Gasteiger partial charge in [0.1, 0.15) is 11.6 Å². The van der Waals surface area contributed by atoms with Crippen LogP contribution in [0.5, 0.6) is 5.75 Å². The van der Waals surface area contributed by atoms with Crippen molar-refractivity contribution in [2.24, 2.45) is 0 Å². The molecule has 0 unspecified atom stereocenters. The second-order valence-electron chi connectivity index (χ2n) is 6.98. The highest BCUT2D eigenvalue weighted by Gasteiger charge is 2.19. The van der Waals surface area contributed by atoms with Crippen molar-refractivity contribution in [2.75, 3.05) is 0 Å². The van der Waals surface area contributed by atoms with E-state index in [1.54, 1.807) is 25.1 Å². The zero-order valence-electron chi connectivity index (χ0n) is 15.8. The Hall–Kier alpha value is -2.94. The molecule has 3 aromatic carbocycles. The molecule has 0 aliphatic rings. The van der Waals surface area contributed by atoms with Gasteiger partial charge in [0, 0.05) is 5.56 Å². The van der Waals surface area contributed by atoms with Gasteiger partial charge < -0.3 is 4.74 Å². The van der Waals surface area contributed by atoms with Crippen LogP contribution in [-0.4, -0.2) is 5.97 Å². The molecule has 0 aliphatic heterocycles. The lowest BCUT2D eigenvalue weighted by molar-refractivity contribution is -0.135. The molecule has 0 saturated carbocycles. The maximum atomic E-state index is 14.6. The molecule has 0 saturated heterocycles. The fourth-order valence-corrected chi connectivity index (χ4v) is 2.93. The maximum Gasteiger partial charge on any atom is 0.318 e. The second-order valence-corrected chi connectivity index (χ2v) is 6.98. The fraction of sp³-hybridized carbons (Fsp3) is 0.208. The topological polar surface area (TPSA) is 26.3 Å². The molecule has 0 N–H and O–H groups in total. The number of ether oxygens (including phenoxy) is 1. The molecule has 1 atom stereocenters. The van der Waals surface area contributed by atoms with E-state index < -0.39 is 11.9 Å². The summed E-state index contributed by atoms with van der Waals surface area (Å²) in [5.74, 6) is -0.449. The van der Waals surface area contributed by atoms with E-state index >= 15 is 0 Å². The van der Waals surface area contributed by atoms with E-state index in [9.17, 15) is 9.18 Å². The molecular weight excluding hydrogens is 339 g/mol. The van der Waals surface area contributed by atoms with Gasteiger partial charge >= 0.3 is 5.97 Å². The van der Waals surface area contributed by atoms with Crippen LogP contribution in [0.4, 0.5) is 4.39 Å². The van der Waals surface area contributed by atoms with Crippen LogP contribution in [0, 0.1) is 5.82 Å². The SMILES string of the molecule is CC(C)c1cccc(OC(=O)[C@H](C)c2ccc(-c3ccccc3)c(F)c2)c1. The highest BCUT2D eigenvalue weighted by molar-refractivity contribution is 5.80. The number of rotatable bonds is 5. The van der Waals surface area contributed by atoms with E-state index in [0.717, 1.165) is 11.1 Å². The monoisotopic (exact) mass is 362 g/mol. The quantitative estimate of drug-likeness (QED) is 0.392. The van der Waals surface area contributed by atoms with Gasteiger partial charge in [-0.15, -0.1) is 0 Å². The highest BCUT2D eigenvalue weighted by atomic mass is 19.1. The summed E-state index contributed by atoms with van der Waals surface area (Å²) in [6, 6.07) is 21.8. The summed E-state index contributed by atoms with van der Waals surface area (Å²) < 4.78 is 20.1. The third-order valence-electron chi connectivity index (χ3n) is 4.67. The van der Waals surface area contributed by atoms with Crippen LogP contribution in [0.1, 0.15) is 43.7 Å². The number of benzene rings is 3. The van der Waals surface area contributed by atoms with Crippen molar-refractivity contribution in [1.82, 2.24) is 0 Å². The lowest BCUT2D eigenvalue weighted by atomic mass is 9.97. The summed E-state index contributed by atoms with van der Waals surface area (Å²) in [7, 11) is 0. The Kier molecular flexibility index (Phi) is 5.70. The molecule has 27 heavy (non-hydrogen) atoms. The van der Waals surface area contributed by atoms with Crippen molar-refractivity contribution in [3.8, 4) is 16.9 Å². The maximum absolute atomic E-state index is 14.6. The van der Waals surface area contributed by atoms with E-state index in [-0.39, 0.29) is 5.82 Å². The summed E-state index contributed by atoms with van der Waals surface area (Å²) in [5, 5.41) is 0. The van der Waals surface area contributed by atoms with Crippen molar-refractivity contribution < 1.29 is 13.9 Å². The molecule has 0 bridgehead atoms. The largest absolute Gasteiger partial charge is 0.426 e. The molecule has 0 heterocycles. The molecule has 3 rings (SSSR count). The first-order chi connectivity index (χ1) is 13.0. The zero-order chi connectivity index (χ0) is 19.4. The summed E-state index contributed by atoms with van der Waals surface area (Å²) in [4.78, 5) is 12.5. The minimum absolute atomic E-state index is 0.347. The first kappa shape index (κ1) is 18.8. The predicted molar refractivity (Wildman–Crippen MR) is 106 cm³/mol. The number of hydrogen-bond donors (Lipinski definition) is 0. The van der Waals surface area contributed by atoms with Crippen LogP contribution in [0.3, 0.4) is 0 Å². The van der Waals surface area contributed by atoms with Crippen molar-refractivity contribution in [3.05, 3.63) is 89.7 Å². The normalized spacial score (nSPS) is 12.0. The number of carbonyl (C=O) groups excluding carboxylic acids is 1. The van der Waals surface area contributed by atoms with Crippen molar-refractivity contribution in [2.45, 2.75) is 32.6 Å². The predicted octanol–water partition coefficient (Wildman–Crippen LogP) is 6.33. The molecule has 0 aliphatic carbocycles. The zero-order valence-corrected chi connectivity index (χ0v) is 15.8. The van der Waals surface area contributed by atoms with Gasteiger partial charge in [0.25, 0.3) is 0 Å². The van der Waals surface area contributed by atoms with Crippen LogP contribution in [-0.2, 0) is 4.79 Å². The van der Waals surface area contributed by atoms with Gasteiger partial charge in [-0.1, -0.05) is 68.4 Å². The van der Waals surface area contributed by atoms with Crippen molar-refractivity contribution >= 4 is 5.97 Å². The lowest BCUT2D eigenvalue weighted by Gasteiger charge is -2.14. The molecule has 3 aromatic rings. The fourth-order valence-electron chi connectivity index (χ4n) is 2.93. The first-order valence-electron chi connectivity index (χ1n) is 9.12. The van der Waals surface area contributed by atoms with Gasteiger partial charge in [0.2, 0.25) is 0 Å². The Morgan fingerprint density at radius 3 is 2.26 bits per heavy atom. The van der Waals surface area contributed by atoms with Crippen LogP contribution < -0.4 is 4.74 Å². The molecule has 0 amide bonds. The van der Waals surface area contributed by atoms with Crippen LogP contribution in [0.15, 0.2) is 72.8 Å². The smallest absolute Gasteiger partial charge is 0.318 e. The molecule has 0 aromatic heterocycles. The Labute approximate surface area is 159 Å². The van der Waals surface area contributed by atoms with E-state index in [2.05, 4.69) is 13.8 Å². The van der Waals surface area contributed by atoms with Crippen LogP contribution >= 0.6 is 0 Å². The molecule has 0 fully saturated rings. The van der Waals surface area contributed by atoms with Gasteiger partial charge in [-0.3, -0.25) is 4.79 Å². The van der Waals surface area contributed by atoms with Crippen LogP contribution in [0.2, 0.25) is 0 Å². The van der Waals surface area contributed by atoms with E-state index in [1.165, 1.54) is 6.07 Å². The molecule has 3 heteroatoms. The van der Waals surface area contributed by atoms with E-state index in [0.29, 0.717) is 22.8 Å². The summed E-state index contributed by atoms with van der Waals surface area (Å²) >= 11 is 0. The molecule has 138 valence electrons. The first-order valence-corrected chi connectivity index (χ1v) is 9.12. The van der Waals surface area contributed by atoms with Gasteiger partial charge in [-0.25, -0.2) is 4.39 Å². The average molecular weight is 362 g/mol. The van der Waals surface area contributed by atoms with Crippen molar-refractivity contribution in [1.29, 1.82) is 0 Å². The number of hydrogen-bond acceptors (Lipinski definition) is 2. The molecule has 2 nitrogen and oxygen atoms in total. The van der Waals surface area contributed by atoms with Gasteiger partial charge in [-0.2, -0.15) is 0 Å². The third kappa shape index (κ3) is 4.43. The Morgan fingerprint density at radius 2 is 1.59 bits per heavy atom. The lowest BCUT2D eigenvalue weighted by Crippen LogP contribution is -2.16. The van der Waals surface area contributed by atoms with Crippen LogP contribution in [0.25, 0.3) is 11.1 Å². The van der Waals surface area contributed by atoms with E-state index in [4.69, 9.17) is 4.74 Å².